The molecule has 84 valence electrons. The average Bonchev–Trinajstić information content (AvgIpc) is 2.30. The first-order valence-corrected chi connectivity index (χ1v) is 5.09. The van der Waals surface area contributed by atoms with Crippen molar-refractivity contribution in [3.8, 4) is 0 Å². The van der Waals surface area contributed by atoms with E-state index >= 15 is 0 Å². The van der Waals surface area contributed by atoms with Crippen LogP contribution >= 0.6 is 0 Å². The van der Waals surface area contributed by atoms with Crippen molar-refractivity contribution in [2.24, 2.45) is 0 Å². The second-order valence-electron chi connectivity index (χ2n) is 3.41. The molecule has 3 nitrogen and oxygen atoms in total. The molecule has 0 radical (unpaired) electrons. The van der Waals surface area contributed by atoms with Gasteiger partial charge in [-0.05, 0) is 26.0 Å². The van der Waals surface area contributed by atoms with Crippen LogP contribution in [0.1, 0.15) is 13.8 Å². The van der Waals surface area contributed by atoms with E-state index in [1.807, 2.05) is 44.2 Å². The number of hydrogen-bond donors (Lipinski definition) is 0. The molecule has 0 aliphatic carbocycles. The minimum atomic E-state index is -0.0117. The third-order valence-corrected chi connectivity index (χ3v) is 2.52. The first-order valence-electron chi connectivity index (χ1n) is 5.09. The molecule has 0 heterocycles. The van der Waals surface area contributed by atoms with E-state index in [9.17, 15) is 0 Å². The van der Waals surface area contributed by atoms with E-state index in [0.717, 1.165) is 5.69 Å². The Kier molecular flexibility index (Phi) is 4.59. The summed E-state index contributed by atoms with van der Waals surface area (Å²) in [4.78, 5) is 2.08. The van der Waals surface area contributed by atoms with Crippen molar-refractivity contribution in [2.75, 3.05) is 19.1 Å². The summed E-state index contributed by atoms with van der Waals surface area (Å²) in [6, 6.07) is 10.1. The molecule has 3 heteroatoms. The predicted molar refractivity (Wildman–Crippen MR) is 61.9 cm³/mol. The lowest BCUT2D eigenvalue weighted by Gasteiger charge is -2.34. The van der Waals surface area contributed by atoms with Gasteiger partial charge in [0.1, 0.15) is 12.5 Å². The van der Waals surface area contributed by atoms with Crippen molar-refractivity contribution in [2.45, 2.75) is 26.3 Å². The molecule has 0 aliphatic heterocycles. The number of anilines is 1. The molecule has 0 bridgehead atoms. The third-order valence-electron chi connectivity index (χ3n) is 2.52. The van der Waals surface area contributed by atoms with E-state index in [4.69, 9.17) is 9.47 Å². The van der Waals surface area contributed by atoms with Crippen LogP contribution in [0.15, 0.2) is 30.3 Å². The lowest BCUT2D eigenvalue weighted by atomic mass is 10.2. The topological polar surface area (TPSA) is 21.7 Å². The zero-order valence-electron chi connectivity index (χ0n) is 9.81. The highest BCUT2D eigenvalue weighted by molar-refractivity contribution is 5.46. The second-order valence-corrected chi connectivity index (χ2v) is 3.41. The largest absolute Gasteiger partial charge is 0.362 e. The Bertz CT molecular complexity index is 266. The predicted octanol–water partition coefficient (Wildman–Crippen LogP) is 2.48. The highest BCUT2D eigenvalue weighted by atomic mass is 16.5. The fourth-order valence-electron chi connectivity index (χ4n) is 1.54. The summed E-state index contributed by atoms with van der Waals surface area (Å²) in [5.74, 6) is 0. The summed E-state index contributed by atoms with van der Waals surface area (Å²) in [7, 11) is 3.39. The van der Waals surface area contributed by atoms with Crippen molar-refractivity contribution in [3.05, 3.63) is 30.3 Å². The Morgan fingerprint density at radius 2 is 1.40 bits per heavy atom. The zero-order chi connectivity index (χ0) is 11.3. The van der Waals surface area contributed by atoms with Crippen LogP contribution in [0, 0.1) is 0 Å². The summed E-state index contributed by atoms with van der Waals surface area (Å²) >= 11 is 0. The van der Waals surface area contributed by atoms with Crippen LogP contribution in [0.3, 0.4) is 0 Å². The quantitative estimate of drug-likeness (QED) is 0.695. The van der Waals surface area contributed by atoms with Gasteiger partial charge in [-0.15, -0.1) is 0 Å². The van der Waals surface area contributed by atoms with Gasteiger partial charge >= 0.3 is 0 Å². The molecule has 0 saturated heterocycles. The van der Waals surface area contributed by atoms with Crippen LogP contribution in [0.2, 0.25) is 0 Å². The average molecular weight is 209 g/mol. The van der Waals surface area contributed by atoms with Gasteiger partial charge in [0.25, 0.3) is 0 Å². The lowest BCUT2D eigenvalue weighted by molar-refractivity contribution is 0.0427. The molecule has 1 aromatic carbocycles. The normalized spacial score (nSPS) is 14.7. The zero-order valence-corrected chi connectivity index (χ0v) is 9.81. The van der Waals surface area contributed by atoms with Crippen molar-refractivity contribution >= 4 is 5.69 Å². The number of nitrogens with zero attached hydrogens (tertiary/aromatic N) is 1. The molecule has 0 amide bonds. The smallest absolute Gasteiger partial charge is 0.129 e. The fraction of sp³-hybridized carbons (Fsp3) is 0.500. The number of methoxy groups -OCH3 is 2. The van der Waals surface area contributed by atoms with Crippen molar-refractivity contribution in [1.29, 1.82) is 0 Å². The van der Waals surface area contributed by atoms with Gasteiger partial charge in [-0.25, -0.2) is 0 Å². The van der Waals surface area contributed by atoms with Crippen molar-refractivity contribution in [3.63, 3.8) is 0 Å². The van der Waals surface area contributed by atoms with Crippen LogP contribution in [0.25, 0.3) is 0 Å². The summed E-state index contributed by atoms with van der Waals surface area (Å²) in [6.45, 7) is 4.00. The molecule has 0 fully saturated rings. The van der Waals surface area contributed by atoms with Gasteiger partial charge in [0.2, 0.25) is 0 Å². The molecule has 0 N–H and O–H groups in total. The second kappa shape index (κ2) is 5.73. The summed E-state index contributed by atoms with van der Waals surface area (Å²) in [6.07, 6.45) is -0.0234. The molecule has 2 atom stereocenters. The molecule has 0 aliphatic rings. The fourth-order valence-corrected chi connectivity index (χ4v) is 1.54. The number of benzene rings is 1. The van der Waals surface area contributed by atoms with E-state index in [1.165, 1.54) is 0 Å². The van der Waals surface area contributed by atoms with Gasteiger partial charge in [-0.3, -0.25) is 0 Å². The Labute approximate surface area is 91.6 Å². The summed E-state index contributed by atoms with van der Waals surface area (Å²) < 4.78 is 10.7. The monoisotopic (exact) mass is 209 g/mol. The van der Waals surface area contributed by atoms with Gasteiger partial charge in [-0.1, -0.05) is 18.2 Å². The Morgan fingerprint density at radius 3 is 1.80 bits per heavy atom. The van der Waals surface area contributed by atoms with Gasteiger partial charge in [0.15, 0.2) is 0 Å². The van der Waals surface area contributed by atoms with Crippen LogP contribution in [0.5, 0.6) is 0 Å². The van der Waals surface area contributed by atoms with E-state index in [-0.39, 0.29) is 12.5 Å². The first kappa shape index (κ1) is 12.0. The Balaban J connectivity index is 2.91. The van der Waals surface area contributed by atoms with Gasteiger partial charge in [0, 0.05) is 19.9 Å². The Morgan fingerprint density at radius 1 is 0.933 bits per heavy atom. The van der Waals surface area contributed by atoms with Gasteiger partial charge in [0.05, 0.1) is 0 Å². The van der Waals surface area contributed by atoms with Gasteiger partial charge in [-0.2, -0.15) is 0 Å². The lowest BCUT2D eigenvalue weighted by Crippen LogP contribution is -2.42. The van der Waals surface area contributed by atoms with Crippen molar-refractivity contribution < 1.29 is 9.47 Å². The maximum absolute atomic E-state index is 5.34. The molecule has 15 heavy (non-hydrogen) atoms. The number of ether oxygens (including phenoxy) is 2. The molecule has 1 rings (SSSR count). The molecular weight excluding hydrogens is 190 g/mol. The van der Waals surface area contributed by atoms with E-state index < -0.39 is 0 Å². The third kappa shape index (κ3) is 2.94. The van der Waals surface area contributed by atoms with Crippen molar-refractivity contribution in [1.82, 2.24) is 0 Å². The van der Waals surface area contributed by atoms with E-state index in [0.29, 0.717) is 0 Å². The van der Waals surface area contributed by atoms with Crippen LogP contribution in [-0.2, 0) is 9.47 Å². The summed E-state index contributed by atoms with van der Waals surface area (Å²) in [5, 5.41) is 0. The van der Waals surface area contributed by atoms with Crippen LogP contribution < -0.4 is 4.90 Å². The maximum atomic E-state index is 5.34. The number of para-hydroxylation sites is 1. The van der Waals surface area contributed by atoms with E-state index in [2.05, 4.69) is 4.90 Å². The highest BCUT2D eigenvalue weighted by Gasteiger charge is 2.19. The van der Waals surface area contributed by atoms with Gasteiger partial charge < -0.3 is 14.4 Å². The number of hydrogen-bond acceptors (Lipinski definition) is 3. The number of rotatable bonds is 5. The Hall–Kier alpha value is -1.06. The van der Waals surface area contributed by atoms with E-state index in [1.54, 1.807) is 14.2 Å². The highest BCUT2D eigenvalue weighted by Crippen LogP contribution is 2.20. The molecule has 1 aromatic rings. The molecule has 0 spiro atoms. The SMILES string of the molecule is COC(C)N(c1ccccc1)C(C)OC. The molecule has 0 saturated carbocycles. The molecule has 0 aromatic heterocycles. The molecular formula is C12H19NO2. The maximum Gasteiger partial charge on any atom is 0.129 e. The molecule has 2 unspecified atom stereocenters. The summed E-state index contributed by atoms with van der Waals surface area (Å²) in [5.41, 5.74) is 1.10. The minimum Gasteiger partial charge on any atom is -0.362 e. The van der Waals surface area contributed by atoms with Crippen LogP contribution in [0.4, 0.5) is 5.69 Å². The first-order chi connectivity index (χ1) is 7.20. The minimum absolute atomic E-state index is 0.0117. The standard InChI is InChI=1S/C12H19NO2/c1-10(14-3)13(11(2)15-4)12-8-6-5-7-9-12/h5-11H,1-4H3. The van der Waals surface area contributed by atoms with Crippen LogP contribution in [-0.4, -0.2) is 26.7 Å².